The molecule has 1 heterocycles. The number of aliphatic carboxylic acids is 1. The summed E-state index contributed by atoms with van der Waals surface area (Å²) in [6, 6.07) is 5.48. The lowest BCUT2D eigenvalue weighted by atomic mass is 10.1. The third-order valence-electron chi connectivity index (χ3n) is 3.41. The first kappa shape index (κ1) is 15.1. The van der Waals surface area contributed by atoms with Crippen LogP contribution in [0.4, 0.5) is 10.5 Å². The maximum atomic E-state index is 12.5. The molecule has 1 saturated heterocycles. The predicted molar refractivity (Wildman–Crippen MR) is 75.5 cm³/mol. The van der Waals surface area contributed by atoms with Gasteiger partial charge in [-0.2, -0.15) is 0 Å². The van der Waals surface area contributed by atoms with E-state index in [4.69, 9.17) is 9.84 Å². The zero-order valence-corrected chi connectivity index (χ0v) is 11.7. The number of carbonyl (C=O) groups excluding carboxylic acids is 1. The summed E-state index contributed by atoms with van der Waals surface area (Å²) in [5.74, 6) is -0.842. The van der Waals surface area contributed by atoms with Gasteiger partial charge >= 0.3 is 12.0 Å². The van der Waals surface area contributed by atoms with Crippen LogP contribution in [0.1, 0.15) is 6.42 Å². The SMILES string of the molecule is CN(C(=O)N1CCOCC1CC(=O)O)c1ccc(O)cc1. The van der Waals surface area contributed by atoms with Crippen molar-refractivity contribution in [2.45, 2.75) is 12.5 Å². The number of carbonyl (C=O) groups is 2. The molecule has 7 nitrogen and oxygen atoms in total. The Labute approximate surface area is 122 Å². The lowest BCUT2D eigenvalue weighted by molar-refractivity contribution is -0.139. The van der Waals surface area contributed by atoms with E-state index in [0.29, 0.717) is 18.8 Å². The smallest absolute Gasteiger partial charge is 0.324 e. The summed E-state index contributed by atoms with van der Waals surface area (Å²) in [4.78, 5) is 26.3. The molecule has 7 heteroatoms. The van der Waals surface area contributed by atoms with Crippen molar-refractivity contribution in [3.05, 3.63) is 24.3 Å². The van der Waals surface area contributed by atoms with Gasteiger partial charge in [-0.15, -0.1) is 0 Å². The Morgan fingerprint density at radius 1 is 1.38 bits per heavy atom. The van der Waals surface area contributed by atoms with Gasteiger partial charge in [-0.25, -0.2) is 4.79 Å². The second-order valence-electron chi connectivity index (χ2n) is 4.88. The molecule has 21 heavy (non-hydrogen) atoms. The number of phenolic OH excluding ortho intramolecular Hbond substituents is 1. The van der Waals surface area contributed by atoms with Gasteiger partial charge in [0.15, 0.2) is 0 Å². The fraction of sp³-hybridized carbons (Fsp3) is 0.429. The largest absolute Gasteiger partial charge is 0.508 e. The van der Waals surface area contributed by atoms with Crippen LogP contribution in [-0.4, -0.2) is 60.0 Å². The average molecular weight is 294 g/mol. The fourth-order valence-electron chi connectivity index (χ4n) is 2.26. The van der Waals surface area contributed by atoms with E-state index < -0.39 is 12.0 Å². The molecule has 0 aromatic heterocycles. The van der Waals surface area contributed by atoms with Crippen LogP contribution in [0.15, 0.2) is 24.3 Å². The Balaban J connectivity index is 2.12. The van der Waals surface area contributed by atoms with Crippen molar-refractivity contribution < 1.29 is 24.5 Å². The highest BCUT2D eigenvalue weighted by atomic mass is 16.5. The number of benzene rings is 1. The highest BCUT2D eigenvalue weighted by Crippen LogP contribution is 2.20. The number of anilines is 1. The number of carboxylic acids is 1. The number of hydrogen-bond acceptors (Lipinski definition) is 4. The fourth-order valence-corrected chi connectivity index (χ4v) is 2.26. The first-order valence-corrected chi connectivity index (χ1v) is 6.62. The molecular weight excluding hydrogens is 276 g/mol. The Kier molecular flexibility index (Phi) is 4.64. The Morgan fingerprint density at radius 3 is 2.67 bits per heavy atom. The summed E-state index contributed by atoms with van der Waals surface area (Å²) in [6.45, 7) is 0.978. The molecule has 2 rings (SSSR count). The van der Waals surface area contributed by atoms with E-state index in [9.17, 15) is 14.7 Å². The lowest BCUT2D eigenvalue weighted by Crippen LogP contribution is -2.53. The Morgan fingerprint density at radius 2 is 2.05 bits per heavy atom. The van der Waals surface area contributed by atoms with Gasteiger partial charge in [-0.3, -0.25) is 9.69 Å². The van der Waals surface area contributed by atoms with Crippen LogP contribution in [0.25, 0.3) is 0 Å². The Bertz CT molecular complexity index is 517. The van der Waals surface area contributed by atoms with Crippen molar-refractivity contribution >= 4 is 17.7 Å². The highest BCUT2D eigenvalue weighted by Gasteiger charge is 2.31. The van der Waals surface area contributed by atoms with Crippen LogP contribution < -0.4 is 4.90 Å². The average Bonchev–Trinajstić information content (AvgIpc) is 2.46. The summed E-state index contributed by atoms with van der Waals surface area (Å²) >= 11 is 0. The maximum Gasteiger partial charge on any atom is 0.324 e. The second-order valence-corrected chi connectivity index (χ2v) is 4.88. The van der Waals surface area contributed by atoms with Crippen molar-refractivity contribution in [1.82, 2.24) is 4.90 Å². The van der Waals surface area contributed by atoms with Gasteiger partial charge in [0, 0.05) is 19.3 Å². The second kappa shape index (κ2) is 6.45. The molecule has 2 amide bonds. The van der Waals surface area contributed by atoms with E-state index in [1.54, 1.807) is 19.2 Å². The molecule has 1 aliphatic rings. The molecule has 0 saturated carbocycles. The van der Waals surface area contributed by atoms with Gasteiger partial charge < -0.3 is 19.8 Å². The molecule has 1 unspecified atom stereocenters. The van der Waals surface area contributed by atoms with Crippen molar-refractivity contribution in [2.24, 2.45) is 0 Å². The van der Waals surface area contributed by atoms with Crippen LogP contribution in [-0.2, 0) is 9.53 Å². The number of aromatic hydroxyl groups is 1. The van der Waals surface area contributed by atoms with E-state index in [-0.39, 0.29) is 24.8 Å². The minimum absolute atomic E-state index is 0.120. The van der Waals surface area contributed by atoms with E-state index in [1.165, 1.54) is 21.9 Å². The van der Waals surface area contributed by atoms with Gasteiger partial charge in [-0.1, -0.05) is 0 Å². The highest BCUT2D eigenvalue weighted by molar-refractivity contribution is 5.92. The summed E-state index contributed by atoms with van der Waals surface area (Å²) in [6.07, 6.45) is -0.144. The molecule has 0 bridgehead atoms. The summed E-state index contributed by atoms with van der Waals surface area (Å²) in [7, 11) is 1.61. The topological polar surface area (TPSA) is 90.3 Å². The van der Waals surface area contributed by atoms with Gasteiger partial charge in [0.25, 0.3) is 0 Å². The lowest BCUT2D eigenvalue weighted by Gasteiger charge is -2.37. The van der Waals surface area contributed by atoms with E-state index in [0.717, 1.165) is 0 Å². The number of urea groups is 1. The molecule has 1 aliphatic heterocycles. The molecular formula is C14H18N2O5. The standard InChI is InChI=1S/C14H18N2O5/c1-15(10-2-4-12(17)5-3-10)14(20)16-6-7-21-9-11(16)8-13(18)19/h2-5,11,17H,6-9H2,1H3,(H,18,19). The molecule has 1 fully saturated rings. The van der Waals surface area contributed by atoms with Crippen LogP contribution in [0.2, 0.25) is 0 Å². The molecule has 1 atom stereocenters. The summed E-state index contributed by atoms with van der Waals surface area (Å²) in [5, 5.41) is 18.2. The van der Waals surface area contributed by atoms with E-state index in [2.05, 4.69) is 0 Å². The molecule has 2 N–H and O–H groups in total. The Hall–Kier alpha value is -2.28. The first-order chi connectivity index (χ1) is 9.99. The van der Waals surface area contributed by atoms with Crippen molar-refractivity contribution in [1.29, 1.82) is 0 Å². The van der Waals surface area contributed by atoms with Crippen molar-refractivity contribution in [3.8, 4) is 5.75 Å². The van der Waals surface area contributed by atoms with Gasteiger partial charge in [0.1, 0.15) is 5.75 Å². The molecule has 0 radical (unpaired) electrons. The van der Waals surface area contributed by atoms with Crippen LogP contribution in [0, 0.1) is 0 Å². The van der Waals surface area contributed by atoms with Gasteiger partial charge in [-0.05, 0) is 24.3 Å². The normalized spacial score (nSPS) is 18.3. The zero-order chi connectivity index (χ0) is 15.4. The predicted octanol–water partition coefficient (Wildman–Crippen LogP) is 1.12. The summed E-state index contributed by atoms with van der Waals surface area (Å²) in [5.41, 5.74) is 0.623. The van der Waals surface area contributed by atoms with Gasteiger partial charge in [0.2, 0.25) is 0 Å². The number of carboxylic acid groups (broad SMARTS) is 1. The minimum Gasteiger partial charge on any atom is -0.508 e. The molecule has 0 aliphatic carbocycles. The van der Waals surface area contributed by atoms with Crippen LogP contribution in [0.5, 0.6) is 5.75 Å². The molecule has 0 spiro atoms. The van der Waals surface area contributed by atoms with E-state index in [1.807, 2.05) is 0 Å². The number of amides is 2. The number of hydrogen-bond donors (Lipinski definition) is 2. The molecule has 114 valence electrons. The van der Waals surface area contributed by atoms with Crippen molar-refractivity contribution in [3.63, 3.8) is 0 Å². The monoisotopic (exact) mass is 294 g/mol. The zero-order valence-electron chi connectivity index (χ0n) is 11.7. The van der Waals surface area contributed by atoms with Crippen LogP contribution >= 0.6 is 0 Å². The molecule has 1 aromatic carbocycles. The maximum absolute atomic E-state index is 12.5. The quantitative estimate of drug-likeness (QED) is 0.872. The van der Waals surface area contributed by atoms with Gasteiger partial charge in [0.05, 0.1) is 25.7 Å². The minimum atomic E-state index is -0.962. The molecule has 1 aromatic rings. The first-order valence-electron chi connectivity index (χ1n) is 6.62. The number of rotatable bonds is 3. The third kappa shape index (κ3) is 3.63. The number of nitrogens with zero attached hydrogens (tertiary/aromatic N) is 2. The third-order valence-corrected chi connectivity index (χ3v) is 3.41. The van der Waals surface area contributed by atoms with Crippen molar-refractivity contribution in [2.75, 3.05) is 31.7 Å². The number of phenols is 1. The van der Waals surface area contributed by atoms with E-state index >= 15 is 0 Å². The number of morpholine rings is 1. The number of ether oxygens (including phenoxy) is 1. The summed E-state index contributed by atoms with van der Waals surface area (Å²) < 4.78 is 5.26. The van der Waals surface area contributed by atoms with Crippen LogP contribution in [0.3, 0.4) is 0 Å².